The maximum Gasteiger partial charge on any atom is 0.234 e. The van der Waals surface area contributed by atoms with Gasteiger partial charge in [0.1, 0.15) is 0 Å². The van der Waals surface area contributed by atoms with Gasteiger partial charge in [-0.15, -0.1) is 11.8 Å². The Kier molecular flexibility index (Phi) is 4.72. The number of thioether (sulfide) groups is 1. The lowest BCUT2D eigenvalue weighted by Gasteiger charge is -2.23. The van der Waals surface area contributed by atoms with Crippen molar-refractivity contribution in [3.8, 4) is 0 Å². The molecule has 1 aliphatic carbocycles. The Morgan fingerprint density at radius 1 is 1.20 bits per heavy atom. The summed E-state index contributed by atoms with van der Waals surface area (Å²) in [4.78, 5) is 14.2. The van der Waals surface area contributed by atoms with Crippen molar-refractivity contribution >= 4 is 33.6 Å². The smallest absolute Gasteiger partial charge is 0.234 e. The van der Waals surface area contributed by atoms with Crippen molar-refractivity contribution in [2.45, 2.75) is 59.5 Å². The number of alkyl halides is 1. The lowest BCUT2D eigenvalue weighted by Crippen LogP contribution is -2.44. The first-order valence-corrected chi connectivity index (χ1v) is 9.22. The molecule has 0 spiro atoms. The number of nitrogens with one attached hydrogen (secondary N) is 1. The van der Waals surface area contributed by atoms with Gasteiger partial charge in [0.05, 0.1) is 5.25 Å². The largest absolute Gasteiger partial charge is 0.351 e. The van der Waals surface area contributed by atoms with Crippen molar-refractivity contribution in [2.24, 2.45) is 0 Å². The topological polar surface area (TPSA) is 29.1 Å². The van der Waals surface area contributed by atoms with E-state index < -0.39 is 0 Å². The number of rotatable bonds is 2. The molecule has 1 fully saturated rings. The molecular formula is C16H20BrNOS. The lowest BCUT2D eigenvalue weighted by molar-refractivity contribution is -0.121. The molecule has 2 aliphatic rings. The molecule has 0 aromatic heterocycles. The normalized spacial score (nSPS) is 29.6. The number of amides is 1. The third kappa shape index (κ3) is 3.22. The van der Waals surface area contributed by atoms with Crippen LogP contribution in [-0.2, 0) is 11.2 Å². The first-order valence-electron chi connectivity index (χ1n) is 7.43. The van der Waals surface area contributed by atoms with E-state index >= 15 is 0 Å². The lowest BCUT2D eigenvalue weighted by atomic mass is 10.1. The number of carbonyl (C=O) groups is 1. The van der Waals surface area contributed by atoms with Crippen LogP contribution in [0.2, 0.25) is 0 Å². The van der Waals surface area contributed by atoms with E-state index in [0.29, 0.717) is 10.9 Å². The van der Waals surface area contributed by atoms with E-state index in [2.05, 4.69) is 39.4 Å². The average Bonchev–Trinajstić information content (AvgIpc) is 2.79. The third-order valence-electron chi connectivity index (χ3n) is 4.20. The molecule has 0 radical (unpaired) electrons. The summed E-state index contributed by atoms with van der Waals surface area (Å²) in [6, 6.07) is 8.65. The van der Waals surface area contributed by atoms with Crippen molar-refractivity contribution in [1.82, 2.24) is 5.32 Å². The van der Waals surface area contributed by atoms with Gasteiger partial charge in [-0.1, -0.05) is 53.4 Å². The van der Waals surface area contributed by atoms with Gasteiger partial charge in [0.15, 0.2) is 0 Å². The molecule has 1 saturated carbocycles. The van der Waals surface area contributed by atoms with Crippen molar-refractivity contribution in [1.29, 1.82) is 0 Å². The van der Waals surface area contributed by atoms with Crippen LogP contribution in [-0.4, -0.2) is 22.0 Å². The molecule has 1 aliphatic heterocycles. The van der Waals surface area contributed by atoms with Crippen LogP contribution in [0.25, 0.3) is 0 Å². The Labute approximate surface area is 133 Å². The van der Waals surface area contributed by atoms with Gasteiger partial charge in [-0.05, 0) is 30.9 Å². The summed E-state index contributed by atoms with van der Waals surface area (Å²) in [5, 5.41) is 3.33. The van der Waals surface area contributed by atoms with Crippen molar-refractivity contribution in [2.75, 3.05) is 0 Å². The van der Waals surface area contributed by atoms with Gasteiger partial charge in [-0.25, -0.2) is 0 Å². The predicted molar refractivity (Wildman–Crippen MR) is 87.5 cm³/mol. The molecule has 3 unspecified atom stereocenters. The van der Waals surface area contributed by atoms with Crippen molar-refractivity contribution < 1.29 is 4.79 Å². The highest BCUT2D eigenvalue weighted by Gasteiger charge is 2.31. The Bertz CT molecular complexity index is 468. The summed E-state index contributed by atoms with van der Waals surface area (Å²) in [5.41, 5.74) is 1.31. The number of carbonyl (C=O) groups excluding carboxylic acids is 1. The molecule has 20 heavy (non-hydrogen) atoms. The summed E-state index contributed by atoms with van der Waals surface area (Å²) in [6.07, 6.45) is 6.93. The standard InChI is InChI=1S/C16H20BrNOS/c17-12-7-2-1-3-8-13(12)18-16(19)15-10-11-6-4-5-9-14(11)20-15/h4-6,9,12-13,15H,1-3,7-8,10H2,(H,18,19). The summed E-state index contributed by atoms with van der Waals surface area (Å²) in [7, 11) is 0. The molecule has 1 heterocycles. The minimum atomic E-state index is 0.0513. The molecule has 1 amide bonds. The van der Waals surface area contributed by atoms with Gasteiger partial charge in [-0.3, -0.25) is 4.79 Å². The Hall–Kier alpha value is -0.480. The zero-order valence-corrected chi connectivity index (χ0v) is 13.9. The Morgan fingerprint density at radius 2 is 2.00 bits per heavy atom. The van der Waals surface area contributed by atoms with Crippen LogP contribution in [0.5, 0.6) is 0 Å². The second-order valence-corrected chi connectivity index (χ2v) is 8.11. The SMILES string of the molecule is O=C(NC1CCCCCC1Br)C1Cc2ccccc2S1. The molecule has 1 aromatic rings. The van der Waals surface area contributed by atoms with Crippen LogP contribution < -0.4 is 5.32 Å². The van der Waals surface area contributed by atoms with E-state index in [-0.39, 0.29) is 11.2 Å². The molecule has 0 bridgehead atoms. The summed E-state index contributed by atoms with van der Waals surface area (Å²) < 4.78 is 0. The maximum absolute atomic E-state index is 12.5. The molecular weight excluding hydrogens is 334 g/mol. The van der Waals surface area contributed by atoms with Gasteiger partial charge in [0.2, 0.25) is 5.91 Å². The Morgan fingerprint density at radius 3 is 2.85 bits per heavy atom. The zero-order chi connectivity index (χ0) is 13.9. The first kappa shape index (κ1) is 14.5. The third-order valence-corrected chi connectivity index (χ3v) is 6.61. The fourth-order valence-corrected chi connectivity index (χ4v) is 4.95. The van der Waals surface area contributed by atoms with Gasteiger partial charge >= 0.3 is 0 Å². The number of hydrogen-bond donors (Lipinski definition) is 1. The molecule has 0 saturated heterocycles. The highest BCUT2D eigenvalue weighted by Crippen LogP contribution is 2.37. The van der Waals surface area contributed by atoms with Crippen molar-refractivity contribution in [3.05, 3.63) is 29.8 Å². The summed E-state index contributed by atoms with van der Waals surface area (Å²) >= 11 is 5.46. The van der Waals surface area contributed by atoms with Gasteiger partial charge in [0.25, 0.3) is 0 Å². The van der Waals surface area contributed by atoms with E-state index in [4.69, 9.17) is 0 Å². The fourth-order valence-electron chi connectivity index (χ4n) is 3.03. The number of halogens is 1. The van der Waals surface area contributed by atoms with E-state index in [1.165, 1.54) is 36.1 Å². The molecule has 108 valence electrons. The average molecular weight is 354 g/mol. The number of fused-ring (bicyclic) bond motifs is 1. The van der Waals surface area contributed by atoms with E-state index in [9.17, 15) is 4.79 Å². The minimum absolute atomic E-state index is 0.0513. The van der Waals surface area contributed by atoms with Gasteiger partial charge < -0.3 is 5.32 Å². The number of hydrogen-bond acceptors (Lipinski definition) is 2. The molecule has 3 rings (SSSR count). The first-order chi connectivity index (χ1) is 9.74. The number of benzene rings is 1. The second kappa shape index (κ2) is 6.52. The highest BCUT2D eigenvalue weighted by atomic mass is 79.9. The van der Waals surface area contributed by atoms with Crippen LogP contribution in [0.1, 0.15) is 37.7 Å². The predicted octanol–water partition coefficient (Wildman–Crippen LogP) is 3.92. The summed E-state index contributed by atoms with van der Waals surface area (Å²) in [6.45, 7) is 0. The Balaban J connectivity index is 1.60. The fraction of sp³-hybridized carbons (Fsp3) is 0.562. The zero-order valence-electron chi connectivity index (χ0n) is 11.5. The van der Waals surface area contributed by atoms with Crippen molar-refractivity contribution in [3.63, 3.8) is 0 Å². The molecule has 2 nitrogen and oxygen atoms in total. The maximum atomic E-state index is 12.5. The highest BCUT2D eigenvalue weighted by molar-refractivity contribution is 9.09. The van der Waals surface area contributed by atoms with E-state index in [1.807, 2.05) is 6.07 Å². The van der Waals surface area contributed by atoms with Gasteiger partial charge in [0, 0.05) is 15.8 Å². The van der Waals surface area contributed by atoms with Crippen LogP contribution in [0.3, 0.4) is 0 Å². The van der Waals surface area contributed by atoms with Crippen LogP contribution in [0.15, 0.2) is 29.2 Å². The van der Waals surface area contributed by atoms with Crippen LogP contribution >= 0.6 is 27.7 Å². The minimum Gasteiger partial charge on any atom is -0.351 e. The molecule has 1 aromatic carbocycles. The monoisotopic (exact) mass is 353 g/mol. The van der Waals surface area contributed by atoms with Crippen LogP contribution in [0.4, 0.5) is 0 Å². The quantitative estimate of drug-likeness (QED) is 0.644. The van der Waals surface area contributed by atoms with E-state index in [0.717, 1.165) is 12.8 Å². The second-order valence-electron chi connectivity index (χ2n) is 5.69. The van der Waals surface area contributed by atoms with Crippen LogP contribution in [0, 0.1) is 0 Å². The molecule has 4 heteroatoms. The molecule has 3 atom stereocenters. The molecule has 1 N–H and O–H groups in total. The van der Waals surface area contributed by atoms with E-state index in [1.54, 1.807) is 11.8 Å². The van der Waals surface area contributed by atoms with Gasteiger partial charge in [-0.2, -0.15) is 0 Å². The summed E-state index contributed by atoms with van der Waals surface area (Å²) in [5.74, 6) is 0.211.